The summed E-state index contributed by atoms with van der Waals surface area (Å²) in [7, 11) is -3.79. The zero-order chi connectivity index (χ0) is 16.3. The quantitative estimate of drug-likeness (QED) is 0.715. The number of aromatic nitrogens is 2. The van der Waals surface area contributed by atoms with Crippen LogP contribution in [0.1, 0.15) is 20.3 Å². The van der Waals surface area contributed by atoms with Gasteiger partial charge in [0.05, 0.1) is 5.92 Å². The first-order valence-corrected chi connectivity index (χ1v) is 8.44. The van der Waals surface area contributed by atoms with Crippen molar-refractivity contribution in [2.24, 2.45) is 11.8 Å². The van der Waals surface area contributed by atoms with E-state index in [1.807, 2.05) is 13.8 Å². The molecule has 0 aliphatic carbocycles. The summed E-state index contributed by atoms with van der Waals surface area (Å²) < 4.78 is 27.1. The number of carbonyl (C=O) groups is 1. The molecule has 0 spiro atoms. The molecule has 0 bridgehead atoms. The Hall–Kier alpha value is -1.93. The SMILES string of the molecule is CC(C)CC(CNS(=O)(=O)c1c[nH]c2ncccc12)C(=O)O. The molecule has 3 N–H and O–H groups in total. The monoisotopic (exact) mass is 325 g/mol. The van der Waals surface area contributed by atoms with Crippen molar-refractivity contribution in [3.63, 3.8) is 0 Å². The topological polar surface area (TPSA) is 112 Å². The summed E-state index contributed by atoms with van der Waals surface area (Å²) in [6.07, 6.45) is 3.33. The minimum Gasteiger partial charge on any atom is -0.481 e. The second-order valence-corrected chi connectivity index (χ2v) is 7.30. The molecule has 0 amide bonds. The lowest BCUT2D eigenvalue weighted by atomic mass is 9.98. The third-order valence-electron chi connectivity index (χ3n) is 3.33. The van der Waals surface area contributed by atoms with Gasteiger partial charge in [0, 0.05) is 24.3 Å². The van der Waals surface area contributed by atoms with E-state index >= 15 is 0 Å². The number of aliphatic carboxylic acids is 1. The van der Waals surface area contributed by atoms with Crippen molar-refractivity contribution in [1.82, 2.24) is 14.7 Å². The van der Waals surface area contributed by atoms with Gasteiger partial charge in [0.2, 0.25) is 10.0 Å². The van der Waals surface area contributed by atoms with Crippen molar-refractivity contribution < 1.29 is 18.3 Å². The summed E-state index contributed by atoms with van der Waals surface area (Å²) >= 11 is 0. The fraction of sp³-hybridized carbons (Fsp3) is 0.429. The minimum absolute atomic E-state index is 0.0734. The third kappa shape index (κ3) is 3.63. The largest absolute Gasteiger partial charge is 0.481 e. The second kappa shape index (κ2) is 6.45. The van der Waals surface area contributed by atoms with Crippen LogP contribution in [0.5, 0.6) is 0 Å². The van der Waals surface area contributed by atoms with Crippen LogP contribution < -0.4 is 4.72 Å². The number of pyridine rings is 1. The van der Waals surface area contributed by atoms with E-state index in [2.05, 4.69) is 14.7 Å². The Labute approximate surface area is 128 Å². The first kappa shape index (κ1) is 16.4. The van der Waals surface area contributed by atoms with Crippen molar-refractivity contribution in [3.8, 4) is 0 Å². The molecule has 8 heteroatoms. The molecule has 2 heterocycles. The van der Waals surface area contributed by atoms with Crippen LogP contribution in [0.15, 0.2) is 29.4 Å². The Kier molecular flexibility index (Phi) is 4.82. The van der Waals surface area contributed by atoms with E-state index in [0.29, 0.717) is 17.5 Å². The second-order valence-electron chi connectivity index (χ2n) is 5.57. The molecule has 1 unspecified atom stereocenters. The maximum atomic E-state index is 12.4. The molecular formula is C14H19N3O4S. The van der Waals surface area contributed by atoms with Gasteiger partial charge in [-0.3, -0.25) is 4.79 Å². The van der Waals surface area contributed by atoms with E-state index in [1.165, 1.54) is 6.20 Å². The minimum atomic E-state index is -3.79. The predicted molar refractivity (Wildman–Crippen MR) is 81.9 cm³/mol. The highest BCUT2D eigenvalue weighted by atomic mass is 32.2. The van der Waals surface area contributed by atoms with Gasteiger partial charge in [-0.05, 0) is 24.5 Å². The molecule has 0 aliphatic heterocycles. The van der Waals surface area contributed by atoms with Crippen molar-refractivity contribution >= 4 is 27.0 Å². The number of sulfonamides is 1. The standard InChI is InChI=1S/C14H19N3O4S/c1-9(2)6-10(14(18)19)7-17-22(20,21)12-8-16-13-11(12)4-3-5-15-13/h3-5,8-10,17H,6-7H2,1-2H3,(H,15,16)(H,18,19). The van der Waals surface area contributed by atoms with Gasteiger partial charge in [-0.25, -0.2) is 18.1 Å². The van der Waals surface area contributed by atoms with E-state index in [9.17, 15) is 18.3 Å². The summed E-state index contributed by atoms with van der Waals surface area (Å²) in [5, 5.41) is 9.65. The van der Waals surface area contributed by atoms with Crippen LogP contribution in [0, 0.1) is 11.8 Å². The Morgan fingerprint density at radius 3 is 2.82 bits per heavy atom. The summed E-state index contributed by atoms with van der Waals surface area (Å²) in [6, 6.07) is 3.30. The van der Waals surface area contributed by atoms with Gasteiger partial charge in [-0.1, -0.05) is 13.8 Å². The number of H-pyrrole nitrogens is 1. The molecule has 22 heavy (non-hydrogen) atoms. The maximum absolute atomic E-state index is 12.4. The molecule has 120 valence electrons. The highest BCUT2D eigenvalue weighted by Crippen LogP contribution is 2.21. The summed E-state index contributed by atoms with van der Waals surface area (Å²) in [5.74, 6) is -1.59. The van der Waals surface area contributed by atoms with Gasteiger partial charge in [0.25, 0.3) is 0 Å². The van der Waals surface area contributed by atoms with Crippen molar-refractivity contribution in [2.45, 2.75) is 25.2 Å². The summed E-state index contributed by atoms with van der Waals surface area (Å²) in [5.41, 5.74) is 0.472. The number of carboxylic acids is 1. The average molecular weight is 325 g/mol. The Balaban J connectivity index is 2.19. The average Bonchev–Trinajstić information content (AvgIpc) is 2.87. The molecular weight excluding hydrogens is 306 g/mol. The van der Waals surface area contributed by atoms with Crippen LogP contribution in [0.4, 0.5) is 0 Å². The number of hydrogen-bond donors (Lipinski definition) is 3. The van der Waals surface area contributed by atoms with Crippen LogP contribution in [-0.2, 0) is 14.8 Å². The van der Waals surface area contributed by atoms with Crippen molar-refractivity contribution in [3.05, 3.63) is 24.5 Å². The Morgan fingerprint density at radius 1 is 1.45 bits per heavy atom. The molecule has 0 radical (unpaired) electrons. The number of hydrogen-bond acceptors (Lipinski definition) is 4. The van der Waals surface area contributed by atoms with Crippen LogP contribution in [0.25, 0.3) is 11.0 Å². The zero-order valence-electron chi connectivity index (χ0n) is 12.4. The Bertz CT molecular complexity index is 767. The van der Waals surface area contributed by atoms with Gasteiger partial charge < -0.3 is 10.1 Å². The molecule has 2 rings (SSSR count). The van der Waals surface area contributed by atoms with Gasteiger partial charge in [-0.2, -0.15) is 0 Å². The number of nitrogens with zero attached hydrogens (tertiary/aromatic N) is 1. The lowest BCUT2D eigenvalue weighted by Gasteiger charge is -2.15. The van der Waals surface area contributed by atoms with E-state index in [1.54, 1.807) is 18.3 Å². The molecule has 0 saturated heterocycles. The van der Waals surface area contributed by atoms with Crippen LogP contribution in [0.2, 0.25) is 0 Å². The number of fused-ring (bicyclic) bond motifs is 1. The fourth-order valence-electron chi connectivity index (χ4n) is 2.28. The highest BCUT2D eigenvalue weighted by molar-refractivity contribution is 7.89. The lowest BCUT2D eigenvalue weighted by Crippen LogP contribution is -2.33. The summed E-state index contributed by atoms with van der Waals surface area (Å²) in [6.45, 7) is 3.66. The van der Waals surface area contributed by atoms with E-state index in [4.69, 9.17) is 0 Å². The van der Waals surface area contributed by atoms with Gasteiger partial charge in [-0.15, -0.1) is 0 Å². The molecule has 1 atom stereocenters. The number of rotatable bonds is 7. The first-order valence-electron chi connectivity index (χ1n) is 6.96. The smallest absolute Gasteiger partial charge is 0.307 e. The molecule has 7 nitrogen and oxygen atoms in total. The maximum Gasteiger partial charge on any atom is 0.307 e. The number of carboxylic acid groups (broad SMARTS) is 1. The first-order chi connectivity index (χ1) is 10.3. The molecule has 0 saturated carbocycles. The predicted octanol–water partition coefficient (Wildman–Crippen LogP) is 1.59. The number of nitrogens with one attached hydrogen (secondary N) is 2. The van der Waals surface area contributed by atoms with Crippen LogP contribution >= 0.6 is 0 Å². The number of aromatic amines is 1. The summed E-state index contributed by atoms with van der Waals surface area (Å²) in [4.78, 5) is 18.1. The van der Waals surface area contributed by atoms with E-state index < -0.39 is 21.9 Å². The van der Waals surface area contributed by atoms with Gasteiger partial charge in [0.1, 0.15) is 10.5 Å². The highest BCUT2D eigenvalue weighted by Gasteiger charge is 2.24. The molecule has 0 fully saturated rings. The normalized spacial score (nSPS) is 13.6. The van der Waals surface area contributed by atoms with E-state index in [0.717, 1.165) is 0 Å². The zero-order valence-corrected chi connectivity index (χ0v) is 13.2. The molecule has 2 aromatic rings. The van der Waals surface area contributed by atoms with E-state index in [-0.39, 0.29) is 17.4 Å². The fourth-order valence-corrected chi connectivity index (χ4v) is 3.53. The molecule has 2 aromatic heterocycles. The van der Waals surface area contributed by atoms with Crippen molar-refractivity contribution in [2.75, 3.05) is 6.54 Å². The lowest BCUT2D eigenvalue weighted by molar-refractivity contribution is -0.142. The third-order valence-corrected chi connectivity index (χ3v) is 4.79. The van der Waals surface area contributed by atoms with Gasteiger partial charge >= 0.3 is 5.97 Å². The van der Waals surface area contributed by atoms with Crippen LogP contribution in [-0.4, -0.2) is 36.0 Å². The molecule has 0 aromatic carbocycles. The Morgan fingerprint density at radius 2 is 2.18 bits per heavy atom. The van der Waals surface area contributed by atoms with Crippen LogP contribution in [0.3, 0.4) is 0 Å². The van der Waals surface area contributed by atoms with Gasteiger partial charge in [0.15, 0.2) is 0 Å². The van der Waals surface area contributed by atoms with Crippen molar-refractivity contribution in [1.29, 1.82) is 0 Å². The molecule has 0 aliphatic rings.